The number of ether oxygens (including phenoxy) is 1. The van der Waals surface area contributed by atoms with Crippen LogP contribution in [0.2, 0.25) is 0 Å². The van der Waals surface area contributed by atoms with Crippen molar-refractivity contribution in [2.75, 3.05) is 10.8 Å². The zero-order chi connectivity index (χ0) is 20.9. The van der Waals surface area contributed by atoms with Crippen molar-refractivity contribution in [1.29, 1.82) is 0 Å². The first-order valence-corrected chi connectivity index (χ1v) is 10.8. The van der Waals surface area contributed by atoms with E-state index in [0.29, 0.717) is 18.0 Å². The molecular weight excluding hydrogens is 382 g/mol. The zero-order valence-corrected chi connectivity index (χ0v) is 17.5. The fourth-order valence-electron chi connectivity index (χ4n) is 2.94. The van der Waals surface area contributed by atoms with Crippen molar-refractivity contribution in [1.82, 2.24) is 0 Å². The SMILES string of the molecule is C=C(C)CN(c1cc(C)ccc1OCc1ccccc1)S(=O)(=O)c1ccccc1. The fraction of sp³-hybridized carbons (Fsp3) is 0.167. The van der Waals surface area contributed by atoms with Gasteiger partial charge in [0.1, 0.15) is 12.4 Å². The summed E-state index contributed by atoms with van der Waals surface area (Å²) in [6.07, 6.45) is 0. The van der Waals surface area contributed by atoms with Gasteiger partial charge >= 0.3 is 0 Å². The predicted molar refractivity (Wildman–Crippen MR) is 118 cm³/mol. The zero-order valence-electron chi connectivity index (χ0n) is 16.7. The van der Waals surface area contributed by atoms with Crippen LogP contribution in [0.15, 0.2) is 95.9 Å². The van der Waals surface area contributed by atoms with E-state index in [4.69, 9.17) is 4.74 Å². The second-order valence-electron chi connectivity index (χ2n) is 7.03. The number of sulfonamides is 1. The molecule has 150 valence electrons. The number of nitrogens with zero attached hydrogens (tertiary/aromatic N) is 1. The summed E-state index contributed by atoms with van der Waals surface area (Å²) in [4.78, 5) is 0.233. The Labute approximate surface area is 173 Å². The molecule has 0 saturated heterocycles. The molecule has 0 unspecified atom stereocenters. The van der Waals surface area contributed by atoms with Gasteiger partial charge in [0.25, 0.3) is 10.0 Å². The molecule has 29 heavy (non-hydrogen) atoms. The Hall–Kier alpha value is -3.05. The molecule has 3 rings (SSSR count). The first-order valence-electron chi connectivity index (χ1n) is 9.37. The van der Waals surface area contributed by atoms with Crippen LogP contribution in [0.5, 0.6) is 5.75 Å². The first kappa shape index (κ1) is 20.7. The minimum atomic E-state index is -3.78. The molecule has 0 atom stereocenters. The minimum absolute atomic E-state index is 0.169. The van der Waals surface area contributed by atoms with Crippen molar-refractivity contribution in [3.63, 3.8) is 0 Å². The Kier molecular flexibility index (Phi) is 6.39. The first-order chi connectivity index (χ1) is 13.9. The van der Waals surface area contributed by atoms with E-state index in [1.165, 1.54) is 4.31 Å². The summed E-state index contributed by atoms with van der Waals surface area (Å²) in [6.45, 7) is 8.19. The van der Waals surface area contributed by atoms with Crippen LogP contribution in [0.25, 0.3) is 0 Å². The topological polar surface area (TPSA) is 46.6 Å². The Morgan fingerprint density at radius 2 is 1.59 bits per heavy atom. The van der Waals surface area contributed by atoms with Gasteiger partial charge in [-0.2, -0.15) is 0 Å². The highest BCUT2D eigenvalue weighted by Crippen LogP contribution is 2.34. The second kappa shape index (κ2) is 8.97. The summed E-state index contributed by atoms with van der Waals surface area (Å²) in [5.41, 5.74) is 3.20. The summed E-state index contributed by atoms with van der Waals surface area (Å²) < 4.78 is 34.3. The minimum Gasteiger partial charge on any atom is -0.487 e. The van der Waals surface area contributed by atoms with Crippen LogP contribution in [-0.4, -0.2) is 15.0 Å². The van der Waals surface area contributed by atoms with Gasteiger partial charge in [0.2, 0.25) is 0 Å². The summed E-state index contributed by atoms with van der Waals surface area (Å²) in [6, 6.07) is 23.8. The van der Waals surface area contributed by atoms with Gasteiger partial charge in [0.05, 0.1) is 17.1 Å². The maximum absolute atomic E-state index is 13.4. The van der Waals surface area contributed by atoms with Crippen LogP contribution < -0.4 is 9.04 Å². The Morgan fingerprint density at radius 3 is 2.21 bits per heavy atom. The van der Waals surface area contributed by atoms with Gasteiger partial charge in [-0.25, -0.2) is 8.42 Å². The standard InChI is InChI=1S/C24H25NO3S/c1-19(2)17-25(29(26,27)22-12-8-5-9-13-22)23-16-20(3)14-15-24(23)28-18-21-10-6-4-7-11-21/h4-16H,1,17-18H2,2-3H3. The normalized spacial score (nSPS) is 11.1. The van der Waals surface area contributed by atoms with Gasteiger partial charge in [-0.1, -0.05) is 66.7 Å². The van der Waals surface area contributed by atoms with Crippen LogP contribution in [0.4, 0.5) is 5.69 Å². The molecule has 0 saturated carbocycles. The van der Waals surface area contributed by atoms with Gasteiger partial charge in [0.15, 0.2) is 0 Å². The van der Waals surface area contributed by atoms with E-state index >= 15 is 0 Å². The van der Waals surface area contributed by atoms with Crippen molar-refractivity contribution in [3.8, 4) is 5.75 Å². The summed E-state index contributed by atoms with van der Waals surface area (Å²) in [5.74, 6) is 0.514. The van der Waals surface area contributed by atoms with Gasteiger partial charge < -0.3 is 4.74 Å². The molecule has 3 aromatic carbocycles. The van der Waals surface area contributed by atoms with E-state index in [1.54, 1.807) is 30.3 Å². The van der Waals surface area contributed by atoms with Crippen LogP contribution in [0.3, 0.4) is 0 Å². The molecule has 5 heteroatoms. The van der Waals surface area contributed by atoms with Gasteiger partial charge in [0, 0.05) is 0 Å². The molecule has 0 radical (unpaired) electrons. The summed E-state index contributed by atoms with van der Waals surface area (Å²) >= 11 is 0. The lowest BCUT2D eigenvalue weighted by Gasteiger charge is -2.27. The van der Waals surface area contributed by atoms with Crippen molar-refractivity contribution < 1.29 is 13.2 Å². The lowest BCUT2D eigenvalue weighted by Crippen LogP contribution is -2.33. The van der Waals surface area contributed by atoms with Crippen molar-refractivity contribution >= 4 is 15.7 Å². The molecule has 0 fully saturated rings. The third-order valence-electron chi connectivity index (χ3n) is 4.37. The predicted octanol–water partition coefficient (Wildman–Crippen LogP) is 5.35. The van der Waals surface area contributed by atoms with Crippen molar-refractivity contribution in [3.05, 3.63) is 102 Å². The maximum Gasteiger partial charge on any atom is 0.264 e. The summed E-state index contributed by atoms with van der Waals surface area (Å²) in [7, 11) is -3.78. The van der Waals surface area contributed by atoms with E-state index in [0.717, 1.165) is 16.7 Å². The van der Waals surface area contributed by atoms with Crippen molar-refractivity contribution in [2.45, 2.75) is 25.3 Å². The third-order valence-corrected chi connectivity index (χ3v) is 6.14. The third kappa shape index (κ3) is 5.06. The Morgan fingerprint density at radius 1 is 0.966 bits per heavy atom. The lowest BCUT2D eigenvalue weighted by molar-refractivity contribution is 0.307. The number of anilines is 1. The van der Waals surface area contributed by atoms with Crippen LogP contribution in [0.1, 0.15) is 18.1 Å². The molecular formula is C24H25NO3S. The van der Waals surface area contributed by atoms with Crippen molar-refractivity contribution in [2.24, 2.45) is 0 Å². The molecule has 0 amide bonds. The number of hydrogen-bond donors (Lipinski definition) is 0. The van der Waals surface area contributed by atoms with Crippen LogP contribution >= 0.6 is 0 Å². The van der Waals surface area contributed by atoms with Crippen LogP contribution in [0, 0.1) is 6.92 Å². The Bertz CT molecular complexity index is 1080. The molecule has 0 aliphatic rings. The average molecular weight is 408 g/mol. The number of hydrogen-bond acceptors (Lipinski definition) is 3. The quantitative estimate of drug-likeness (QED) is 0.473. The Balaban J connectivity index is 2.03. The highest BCUT2D eigenvalue weighted by Gasteiger charge is 2.27. The monoisotopic (exact) mass is 407 g/mol. The molecule has 0 aliphatic carbocycles. The largest absolute Gasteiger partial charge is 0.487 e. The molecule has 0 aromatic heterocycles. The molecule has 0 aliphatic heterocycles. The number of aryl methyl sites for hydroxylation is 1. The number of benzene rings is 3. The van der Waals surface area contributed by atoms with Gasteiger partial charge in [-0.05, 0) is 49.2 Å². The van der Waals surface area contributed by atoms with Gasteiger partial charge in [-0.3, -0.25) is 4.31 Å². The molecule has 0 spiro atoms. The van der Waals surface area contributed by atoms with E-state index in [-0.39, 0.29) is 11.4 Å². The number of rotatable bonds is 8. The van der Waals surface area contributed by atoms with E-state index in [9.17, 15) is 8.42 Å². The fourth-order valence-corrected chi connectivity index (χ4v) is 4.49. The molecule has 0 heterocycles. The van der Waals surface area contributed by atoms with Crippen LogP contribution in [-0.2, 0) is 16.6 Å². The molecule has 3 aromatic rings. The maximum atomic E-state index is 13.4. The van der Waals surface area contributed by atoms with Gasteiger partial charge in [-0.15, -0.1) is 0 Å². The highest BCUT2D eigenvalue weighted by molar-refractivity contribution is 7.92. The van der Waals surface area contributed by atoms with E-state index in [2.05, 4.69) is 6.58 Å². The second-order valence-corrected chi connectivity index (χ2v) is 8.89. The van der Waals surface area contributed by atoms with E-state index < -0.39 is 10.0 Å². The average Bonchev–Trinajstić information content (AvgIpc) is 2.72. The lowest BCUT2D eigenvalue weighted by atomic mass is 10.2. The highest BCUT2D eigenvalue weighted by atomic mass is 32.2. The smallest absolute Gasteiger partial charge is 0.264 e. The van der Waals surface area contributed by atoms with E-state index in [1.807, 2.05) is 62.4 Å². The molecule has 0 N–H and O–H groups in total. The molecule has 4 nitrogen and oxygen atoms in total. The summed E-state index contributed by atoms with van der Waals surface area (Å²) in [5, 5.41) is 0. The molecule has 0 bridgehead atoms.